The lowest BCUT2D eigenvalue weighted by Crippen LogP contribution is -2.52. The largest absolute Gasteiger partial charge is 0.379 e. The minimum absolute atomic E-state index is 0.0988. The van der Waals surface area contributed by atoms with Gasteiger partial charge in [-0.05, 0) is 43.0 Å². The molecule has 2 aliphatic rings. The van der Waals surface area contributed by atoms with Crippen LogP contribution in [0.2, 0.25) is 0 Å². The number of hydrogen-bond donors (Lipinski definition) is 1. The third-order valence-electron chi connectivity index (χ3n) is 6.42. The van der Waals surface area contributed by atoms with Crippen LogP contribution in [0.4, 0.5) is 5.69 Å². The number of hydrogen-bond acceptors (Lipinski definition) is 5. The Bertz CT molecular complexity index is 833. The normalized spacial score (nSPS) is 19.6. The Balaban J connectivity index is 1.74. The van der Waals surface area contributed by atoms with Gasteiger partial charge in [-0.1, -0.05) is 26.7 Å². The number of ether oxygens (including phenoxy) is 1. The summed E-state index contributed by atoms with van der Waals surface area (Å²) in [6, 6.07) is 5.32. The van der Waals surface area contributed by atoms with Crippen LogP contribution in [0, 0.1) is 12.8 Å². The number of anilines is 1. The molecule has 3 rings (SSSR count). The Labute approximate surface area is 180 Å². The van der Waals surface area contributed by atoms with Gasteiger partial charge in [0.2, 0.25) is 15.9 Å². The zero-order chi connectivity index (χ0) is 21.7. The number of rotatable bonds is 9. The van der Waals surface area contributed by atoms with Gasteiger partial charge < -0.3 is 9.64 Å². The van der Waals surface area contributed by atoms with E-state index in [4.69, 9.17) is 4.74 Å². The molecule has 0 radical (unpaired) electrons. The molecule has 2 fully saturated rings. The summed E-state index contributed by atoms with van der Waals surface area (Å²) in [5.41, 5.74) is 1.43. The topological polar surface area (TPSA) is 79.0 Å². The fourth-order valence-corrected chi connectivity index (χ4v) is 5.91. The summed E-state index contributed by atoms with van der Waals surface area (Å²) in [5, 5.41) is 0. The van der Waals surface area contributed by atoms with Crippen LogP contribution >= 0.6 is 0 Å². The zero-order valence-electron chi connectivity index (χ0n) is 18.4. The molecular weight excluding hydrogens is 402 g/mol. The van der Waals surface area contributed by atoms with E-state index in [1.165, 1.54) is 0 Å². The molecule has 30 heavy (non-hydrogen) atoms. The number of aryl methyl sites for hydroxylation is 1. The molecule has 0 bridgehead atoms. The van der Waals surface area contributed by atoms with Crippen LogP contribution in [0.15, 0.2) is 23.1 Å². The van der Waals surface area contributed by atoms with Gasteiger partial charge in [-0.25, -0.2) is 13.1 Å². The lowest BCUT2D eigenvalue weighted by molar-refractivity contribution is -0.117. The van der Waals surface area contributed by atoms with E-state index in [1.54, 1.807) is 30.0 Å². The number of carbonyl (C=O) groups is 1. The molecule has 0 aromatic heterocycles. The molecule has 1 atom stereocenters. The van der Waals surface area contributed by atoms with Crippen molar-refractivity contribution in [2.75, 3.05) is 44.3 Å². The third-order valence-corrected chi connectivity index (χ3v) is 8.01. The molecule has 1 unspecified atom stereocenters. The maximum absolute atomic E-state index is 13.1. The molecule has 1 aromatic carbocycles. The molecule has 7 nitrogen and oxygen atoms in total. The number of amides is 1. The molecule has 2 heterocycles. The van der Waals surface area contributed by atoms with Gasteiger partial charge in [0.05, 0.1) is 18.1 Å². The first-order chi connectivity index (χ1) is 14.4. The van der Waals surface area contributed by atoms with Gasteiger partial charge in [0, 0.05) is 44.3 Å². The molecule has 0 aliphatic carbocycles. The van der Waals surface area contributed by atoms with Crippen LogP contribution in [-0.2, 0) is 19.6 Å². The van der Waals surface area contributed by atoms with Gasteiger partial charge in [-0.2, -0.15) is 0 Å². The van der Waals surface area contributed by atoms with Crippen molar-refractivity contribution in [3.63, 3.8) is 0 Å². The molecule has 0 saturated carbocycles. The van der Waals surface area contributed by atoms with Crippen molar-refractivity contribution in [2.24, 2.45) is 5.92 Å². The SMILES string of the molecule is CCC(CC)C(CNS(=O)(=O)c1ccc(N2CCCC2=O)cc1C)N1CCOCC1. The number of sulfonamides is 1. The van der Waals surface area contributed by atoms with Crippen molar-refractivity contribution < 1.29 is 17.9 Å². The van der Waals surface area contributed by atoms with E-state index >= 15 is 0 Å². The molecule has 0 spiro atoms. The van der Waals surface area contributed by atoms with E-state index < -0.39 is 10.0 Å². The van der Waals surface area contributed by atoms with Gasteiger partial charge in [0.1, 0.15) is 0 Å². The first-order valence-electron chi connectivity index (χ1n) is 11.1. The fourth-order valence-electron chi connectivity index (χ4n) is 4.63. The van der Waals surface area contributed by atoms with E-state index in [-0.39, 0.29) is 16.8 Å². The van der Waals surface area contributed by atoms with E-state index in [9.17, 15) is 13.2 Å². The van der Waals surface area contributed by atoms with Crippen LogP contribution in [-0.4, -0.2) is 64.7 Å². The van der Waals surface area contributed by atoms with Crippen LogP contribution in [0.25, 0.3) is 0 Å². The Kier molecular flexibility index (Phi) is 7.90. The van der Waals surface area contributed by atoms with Gasteiger partial charge in [-0.15, -0.1) is 0 Å². The van der Waals surface area contributed by atoms with Crippen molar-refractivity contribution in [1.82, 2.24) is 9.62 Å². The first-order valence-corrected chi connectivity index (χ1v) is 12.6. The van der Waals surface area contributed by atoms with Crippen molar-refractivity contribution >= 4 is 21.6 Å². The first kappa shape index (κ1) is 23.2. The Morgan fingerprint density at radius 1 is 1.13 bits per heavy atom. The molecule has 2 saturated heterocycles. The summed E-state index contributed by atoms with van der Waals surface area (Å²) < 4.78 is 34.6. The summed E-state index contributed by atoms with van der Waals surface area (Å²) in [6.07, 6.45) is 3.42. The average Bonchev–Trinajstić information content (AvgIpc) is 3.17. The standard InChI is InChI=1S/C22H35N3O4S/c1-4-18(5-2)20(24-11-13-29-14-12-24)16-23-30(27,28)21-9-8-19(15-17(21)3)25-10-6-7-22(25)26/h8-9,15,18,20,23H,4-7,10-14,16H2,1-3H3. The molecule has 1 N–H and O–H groups in total. The van der Waals surface area contributed by atoms with Crippen molar-refractivity contribution in [2.45, 2.75) is 57.4 Å². The predicted octanol–water partition coefficient (Wildman–Crippen LogP) is 2.54. The van der Waals surface area contributed by atoms with Crippen LogP contribution in [0.1, 0.15) is 45.1 Å². The Morgan fingerprint density at radius 2 is 1.83 bits per heavy atom. The number of carbonyl (C=O) groups excluding carboxylic acids is 1. The lowest BCUT2D eigenvalue weighted by atomic mass is 9.92. The van der Waals surface area contributed by atoms with Crippen LogP contribution < -0.4 is 9.62 Å². The Hall–Kier alpha value is -1.48. The van der Waals surface area contributed by atoms with Gasteiger partial charge in [0.15, 0.2) is 0 Å². The van der Waals surface area contributed by atoms with E-state index in [1.807, 2.05) is 0 Å². The van der Waals surface area contributed by atoms with Crippen LogP contribution in [0.3, 0.4) is 0 Å². The summed E-state index contributed by atoms with van der Waals surface area (Å²) >= 11 is 0. The Morgan fingerprint density at radius 3 is 2.40 bits per heavy atom. The van der Waals surface area contributed by atoms with Crippen molar-refractivity contribution in [3.05, 3.63) is 23.8 Å². The number of nitrogens with zero attached hydrogens (tertiary/aromatic N) is 2. The summed E-state index contributed by atoms with van der Waals surface area (Å²) in [5.74, 6) is 0.525. The second-order valence-electron chi connectivity index (χ2n) is 8.24. The minimum atomic E-state index is -3.64. The van der Waals surface area contributed by atoms with Crippen LogP contribution in [0.5, 0.6) is 0 Å². The quantitative estimate of drug-likeness (QED) is 0.642. The predicted molar refractivity (Wildman–Crippen MR) is 118 cm³/mol. The highest BCUT2D eigenvalue weighted by molar-refractivity contribution is 7.89. The smallest absolute Gasteiger partial charge is 0.240 e. The molecule has 1 aromatic rings. The molecule has 8 heteroatoms. The van der Waals surface area contributed by atoms with E-state index in [2.05, 4.69) is 23.5 Å². The second-order valence-corrected chi connectivity index (χ2v) is 9.98. The highest BCUT2D eigenvalue weighted by atomic mass is 32.2. The highest BCUT2D eigenvalue weighted by Crippen LogP contribution is 2.26. The number of nitrogens with one attached hydrogen (secondary N) is 1. The van der Waals surface area contributed by atoms with E-state index in [0.717, 1.165) is 38.0 Å². The zero-order valence-corrected chi connectivity index (χ0v) is 19.2. The minimum Gasteiger partial charge on any atom is -0.379 e. The third kappa shape index (κ3) is 5.22. The fraction of sp³-hybridized carbons (Fsp3) is 0.682. The van der Waals surface area contributed by atoms with Gasteiger partial charge in [0.25, 0.3) is 0 Å². The van der Waals surface area contributed by atoms with E-state index in [0.29, 0.717) is 44.2 Å². The summed E-state index contributed by atoms with van der Waals surface area (Å²) in [7, 11) is -3.64. The maximum atomic E-state index is 13.1. The maximum Gasteiger partial charge on any atom is 0.240 e. The number of benzene rings is 1. The highest BCUT2D eigenvalue weighted by Gasteiger charge is 2.29. The van der Waals surface area contributed by atoms with Gasteiger partial charge in [-0.3, -0.25) is 9.69 Å². The second kappa shape index (κ2) is 10.2. The number of morpholine rings is 1. The summed E-state index contributed by atoms with van der Waals surface area (Å²) in [4.78, 5) is 16.4. The lowest BCUT2D eigenvalue weighted by Gasteiger charge is -2.38. The molecule has 2 aliphatic heterocycles. The average molecular weight is 438 g/mol. The van der Waals surface area contributed by atoms with Crippen molar-refractivity contribution in [1.29, 1.82) is 0 Å². The van der Waals surface area contributed by atoms with Crippen molar-refractivity contribution in [3.8, 4) is 0 Å². The summed E-state index contributed by atoms with van der Waals surface area (Å²) in [6.45, 7) is 10.3. The monoisotopic (exact) mass is 437 g/mol. The molecular formula is C22H35N3O4S. The molecule has 168 valence electrons. The van der Waals surface area contributed by atoms with Gasteiger partial charge >= 0.3 is 0 Å². The molecule has 1 amide bonds.